The molecule has 21 heavy (non-hydrogen) atoms. The van der Waals surface area contributed by atoms with Crippen LogP contribution in [0.25, 0.3) is 0 Å². The van der Waals surface area contributed by atoms with Crippen molar-refractivity contribution < 1.29 is 17.9 Å². The summed E-state index contributed by atoms with van der Waals surface area (Å²) in [6.45, 7) is -0.320. The average molecular weight is 359 g/mol. The predicted molar refractivity (Wildman–Crippen MR) is 75.8 cm³/mol. The van der Waals surface area contributed by atoms with E-state index >= 15 is 0 Å². The first-order valence-corrected chi connectivity index (χ1v) is 6.58. The normalized spacial score (nSPS) is 10.5. The molecular weight excluding hydrogens is 349 g/mol. The third-order valence-electron chi connectivity index (χ3n) is 2.71. The lowest BCUT2D eigenvalue weighted by Gasteiger charge is -2.10. The van der Waals surface area contributed by atoms with Gasteiger partial charge in [0.1, 0.15) is 18.3 Å². The van der Waals surface area contributed by atoms with Crippen molar-refractivity contribution >= 4 is 21.8 Å². The zero-order chi connectivity index (χ0) is 15.6. The van der Waals surface area contributed by atoms with Crippen LogP contribution in [0.5, 0.6) is 5.75 Å². The molecule has 0 atom stereocenters. The van der Waals surface area contributed by atoms with Gasteiger partial charge in [0.05, 0.1) is 5.56 Å². The molecule has 0 heterocycles. The van der Waals surface area contributed by atoms with E-state index in [4.69, 9.17) is 15.9 Å². The molecule has 0 spiro atoms. The molecular formula is C14H10BrF3N2O. The van der Waals surface area contributed by atoms with Crippen LogP contribution in [0.1, 0.15) is 11.1 Å². The highest BCUT2D eigenvalue weighted by Crippen LogP contribution is 2.26. The fourth-order valence-electron chi connectivity index (χ4n) is 1.69. The van der Waals surface area contributed by atoms with Gasteiger partial charge >= 0.3 is 0 Å². The number of ether oxygens (including phenoxy) is 1. The van der Waals surface area contributed by atoms with E-state index in [1.165, 1.54) is 24.3 Å². The summed E-state index contributed by atoms with van der Waals surface area (Å²) < 4.78 is 46.1. The highest BCUT2D eigenvalue weighted by Gasteiger charge is 2.14. The third kappa shape index (κ3) is 3.36. The molecule has 0 aliphatic rings. The zero-order valence-corrected chi connectivity index (χ0v) is 12.2. The fraction of sp³-hybridized carbons (Fsp3) is 0.0714. The molecule has 110 valence electrons. The molecule has 7 heteroatoms. The number of nitrogens with two attached hydrogens (primary N) is 1. The van der Waals surface area contributed by atoms with Gasteiger partial charge in [0.15, 0.2) is 11.6 Å². The maximum Gasteiger partial charge on any atom is 0.200 e. The Morgan fingerprint density at radius 1 is 1.19 bits per heavy atom. The quantitative estimate of drug-likeness (QED) is 0.497. The van der Waals surface area contributed by atoms with Crippen LogP contribution >= 0.6 is 15.9 Å². The molecule has 2 aromatic rings. The Balaban J connectivity index is 2.25. The molecule has 2 aromatic carbocycles. The van der Waals surface area contributed by atoms with Crippen molar-refractivity contribution in [3.8, 4) is 5.75 Å². The molecule has 0 amide bonds. The number of hydrogen-bond acceptors (Lipinski definition) is 2. The van der Waals surface area contributed by atoms with E-state index in [9.17, 15) is 13.2 Å². The van der Waals surface area contributed by atoms with Crippen LogP contribution in [0, 0.1) is 22.9 Å². The van der Waals surface area contributed by atoms with Crippen LogP contribution in [-0.2, 0) is 6.61 Å². The molecule has 0 bridgehead atoms. The number of halogens is 4. The Morgan fingerprint density at radius 3 is 2.57 bits per heavy atom. The van der Waals surface area contributed by atoms with Crippen molar-refractivity contribution in [3.63, 3.8) is 0 Å². The first kappa shape index (κ1) is 15.4. The summed E-state index contributed by atoms with van der Waals surface area (Å²) in [4.78, 5) is 0. The van der Waals surface area contributed by atoms with Gasteiger partial charge in [-0.15, -0.1) is 0 Å². The molecule has 0 saturated carbocycles. The Hall–Kier alpha value is -2.02. The summed E-state index contributed by atoms with van der Waals surface area (Å²) in [5.74, 6) is -3.71. The summed E-state index contributed by atoms with van der Waals surface area (Å²) in [6.07, 6.45) is 0. The second-order valence-electron chi connectivity index (χ2n) is 4.18. The average Bonchev–Trinajstić information content (AvgIpc) is 2.42. The molecule has 0 aromatic heterocycles. The van der Waals surface area contributed by atoms with Gasteiger partial charge in [-0.25, -0.2) is 8.78 Å². The Labute approximate surface area is 127 Å². The first-order valence-electron chi connectivity index (χ1n) is 5.79. The highest BCUT2D eigenvalue weighted by atomic mass is 79.9. The van der Waals surface area contributed by atoms with Gasteiger partial charge in [0.25, 0.3) is 0 Å². The molecule has 0 unspecified atom stereocenters. The van der Waals surface area contributed by atoms with Gasteiger partial charge < -0.3 is 10.5 Å². The van der Waals surface area contributed by atoms with Crippen LogP contribution in [0.3, 0.4) is 0 Å². The van der Waals surface area contributed by atoms with Crippen molar-refractivity contribution in [1.82, 2.24) is 0 Å². The monoisotopic (exact) mass is 358 g/mol. The van der Waals surface area contributed by atoms with Gasteiger partial charge in [-0.05, 0) is 18.2 Å². The molecule has 0 aliphatic carbocycles. The van der Waals surface area contributed by atoms with E-state index in [0.29, 0.717) is 4.47 Å². The molecule has 0 fully saturated rings. The summed E-state index contributed by atoms with van der Waals surface area (Å²) >= 11 is 3.01. The lowest BCUT2D eigenvalue weighted by molar-refractivity contribution is 0.279. The maximum atomic E-state index is 14.0. The van der Waals surface area contributed by atoms with Crippen LogP contribution in [0.2, 0.25) is 0 Å². The number of benzene rings is 2. The smallest absolute Gasteiger partial charge is 0.200 e. The molecule has 3 N–H and O–H groups in total. The number of amidine groups is 1. The highest BCUT2D eigenvalue weighted by molar-refractivity contribution is 9.10. The van der Waals surface area contributed by atoms with Crippen LogP contribution < -0.4 is 10.5 Å². The SMILES string of the molecule is N=C(N)c1cccc(COc2cc(Br)cc(F)c2F)c1F. The van der Waals surface area contributed by atoms with E-state index in [1.54, 1.807) is 0 Å². The van der Waals surface area contributed by atoms with Crippen LogP contribution in [0.15, 0.2) is 34.8 Å². The molecule has 2 rings (SSSR count). The Bertz CT molecular complexity index is 707. The van der Waals surface area contributed by atoms with E-state index in [1.807, 2.05) is 0 Å². The fourth-order valence-corrected chi connectivity index (χ4v) is 2.10. The summed E-state index contributed by atoms with van der Waals surface area (Å²) in [5.41, 5.74) is 5.25. The van der Waals surface area contributed by atoms with Crippen molar-refractivity contribution in [2.75, 3.05) is 0 Å². The Kier molecular flexibility index (Phi) is 4.52. The van der Waals surface area contributed by atoms with E-state index in [-0.39, 0.29) is 23.5 Å². The summed E-state index contributed by atoms with van der Waals surface area (Å²) in [7, 11) is 0. The molecule has 0 aliphatic heterocycles. The Morgan fingerprint density at radius 2 is 1.90 bits per heavy atom. The largest absolute Gasteiger partial charge is 0.486 e. The van der Waals surface area contributed by atoms with E-state index in [2.05, 4.69) is 15.9 Å². The second-order valence-corrected chi connectivity index (χ2v) is 5.10. The standard InChI is InChI=1S/C14H10BrF3N2O/c15-8-4-10(16)13(18)11(5-8)21-6-7-2-1-3-9(12(7)17)14(19)20/h1-5H,6H2,(H3,19,20). The van der Waals surface area contributed by atoms with Crippen LogP contribution in [0.4, 0.5) is 13.2 Å². The van der Waals surface area contributed by atoms with Gasteiger partial charge in [-0.3, -0.25) is 5.41 Å². The lowest BCUT2D eigenvalue weighted by atomic mass is 10.1. The summed E-state index contributed by atoms with van der Waals surface area (Å²) in [6, 6.07) is 6.45. The number of rotatable bonds is 4. The van der Waals surface area contributed by atoms with Crippen LogP contribution in [-0.4, -0.2) is 5.84 Å². The van der Waals surface area contributed by atoms with Gasteiger partial charge in [-0.1, -0.05) is 28.1 Å². The van der Waals surface area contributed by atoms with Crippen molar-refractivity contribution in [1.29, 1.82) is 5.41 Å². The van der Waals surface area contributed by atoms with Gasteiger partial charge in [-0.2, -0.15) is 4.39 Å². The molecule has 3 nitrogen and oxygen atoms in total. The van der Waals surface area contributed by atoms with Crippen molar-refractivity contribution in [2.24, 2.45) is 5.73 Å². The van der Waals surface area contributed by atoms with Gasteiger partial charge in [0, 0.05) is 10.0 Å². The van der Waals surface area contributed by atoms with Crippen molar-refractivity contribution in [2.45, 2.75) is 6.61 Å². The topological polar surface area (TPSA) is 59.1 Å². The molecule has 0 saturated heterocycles. The predicted octanol–water partition coefficient (Wildman–Crippen LogP) is 3.73. The van der Waals surface area contributed by atoms with E-state index < -0.39 is 23.3 Å². The zero-order valence-electron chi connectivity index (χ0n) is 10.6. The minimum Gasteiger partial charge on any atom is -0.486 e. The molecule has 0 radical (unpaired) electrons. The van der Waals surface area contributed by atoms with E-state index in [0.717, 1.165) is 6.07 Å². The number of nitrogen functional groups attached to an aromatic ring is 1. The first-order chi connectivity index (χ1) is 9.90. The second kappa shape index (κ2) is 6.17. The van der Waals surface area contributed by atoms with Gasteiger partial charge in [0.2, 0.25) is 5.82 Å². The number of nitrogens with one attached hydrogen (secondary N) is 1. The summed E-state index contributed by atoms with van der Waals surface area (Å²) in [5, 5.41) is 7.24. The van der Waals surface area contributed by atoms with Crippen molar-refractivity contribution in [3.05, 3.63) is 63.4 Å². The number of hydrogen-bond donors (Lipinski definition) is 2. The minimum absolute atomic E-state index is 0.0722. The minimum atomic E-state index is -1.15. The third-order valence-corrected chi connectivity index (χ3v) is 3.17. The lowest BCUT2D eigenvalue weighted by Crippen LogP contribution is -2.14. The maximum absolute atomic E-state index is 14.0.